The predicted molar refractivity (Wildman–Crippen MR) is 296 cm³/mol. The number of likely N-dealkylation sites (N-methyl/N-ethyl adjacent to an activating group) is 2. The lowest BCUT2D eigenvalue weighted by Gasteiger charge is -2.36. The van der Waals surface area contributed by atoms with Crippen molar-refractivity contribution in [1.82, 2.24) is 52.3 Å². The molecule has 8 N–H and O–H groups in total. The summed E-state index contributed by atoms with van der Waals surface area (Å²) in [6.07, 6.45) is 4.66. The molecule has 8 amide bonds. The smallest absolute Gasteiger partial charge is 0.271 e. The summed E-state index contributed by atoms with van der Waals surface area (Å²) in [5, 5.41) is 36.0. The number of nitro groups is 1. The highest BCUT2D eigenvalue weighted by atomic mass is 16.6. The maximum atomic E-state index is 14.7. The van der Waals surface area contributed by atoms with Crippen LogP contribution in [0, 0.1) is 20.9 Å². The lowest BCUT2D eigenvalue weighted by atomic mass is 9.85. The third kappa shape index (κ3) is 14.0. The first-order chi connectivity index (χ1) is 37.3. The molecule has 0 aromatic heterocycles. The molecule has 2 saturated heterocycles. The number of carbonyl (C=O) groups excluding carboxylic acids is 8. The van der Waals surface area contributed by atoms with Crippen LogP contribution < -0.4 is 42.5 Å². The van der Waals surface area contributed by atoms with Crippen molar-refractivity contribution in [2.45, 2.75) is 167 Å². The van der Waals surface area contributed by atoms with E-state index in [4.69, 9.17) is 0 Å². The number of fused-ring (bicyclic) bond motifs is 2. The maximum Gasteiger partial charge on any atom is 0.271 e. The SMILES string of the molecule is CN[C@@H](C)C(=O)NC(C(=O)N1C[C@@H](NC(=O)c2cc(C(=O)N[C@H]3CC(C(=O)N[C@@H]4CCCc5ccccc54)N(C(=O)[C@@H](NC(=O)[C@H](C)NC)C(C)(C)C)C3)cc([N+](=O)[O-])c2)CC1C(=O)N[C@@H]1CCCc2ccccc21)C(C)(C)C. The van der Waals surface area contributed by atoms with E-state index in [2.05, 4.69) is 42.5 Å². The fraction of sp³-hybridized carbons (Fsp3) is 0.552. The van der Waals surface area contributed by atoms with E-state index in [-0.39, 0.29) is 49.1 Å². The summed E-state index contributed by atoms with van der Waals surface area (Å²) in [4.78, 5) is 128. The van der Waals surface area contributed by atoms with Gasteiger partial charge in [0.25, 0.3) is 17.5 Å². The Morgan fingerprint density at radius 1 is 0.582 bits per heavy atom. The number of hydrogen-bond donors (Lipinski definition) is 8. The van der Waals surface area contributed by atoms with Crippen molar-refractivity contribution in [3.05, 3.63) is 110 Å². The molecule has 426 valence electrons. The minimum Gasteiger partial charge on any atom is -0.347 e. The Morgan fingerprint density at radius 3 is 1.32 bits per heavy atom. The fourth-order valence-electron chi connectivity index (χ4n) is 11.2. The molecule has 2 heterocycles. The van der Waals surface area contributed by atoms with Gasteiger partial charge in [0.2, 0.25) is 35.4 Å². The summed E-state index contributed by atoms with van der Waals surface area (Å²) in [7, 11) is 3.24. The molecular formula is C58H79N11O10. The van der Waals surface area contributed by atoms with E-state index >= 15 is 0 Å². The standard InChI is InChI=1S/C58H79N11O10/c1-32(59-9)49(70)65-47(57(3,4)5)55(76)67-30-38(28-45(67)53(74)63-43-23-15-19-34-17-11-13-21-41(34)43)61-51(72)36-25-37(27-40(26-36)69(78)79)52(73)62-39-29-46(54(75)64-44-24-16-20-35-18-12-14-22-42(35)44)68(31-39)56(77)48(58(6,7)8)66-50(71)33(2)60-10/h11-14,17-18,21-22,25-27,32-33,38-39,43-48,59-60H,15-16,19-20,23-24,28-31H2,1-10H3,(H,61,72)(H,62,73)(H,63,74)(H,64,75)(H,65,70)(H,66,71)/t32-,33-,38-,39-,43+,44+,45?,46?,47+,48?/m0/s1. The van der Waals surface area contributed by atoms with Crippen LogP contribution in [0.25, 0.3) is 0 Å². The molecule has 2 aliphatic carbocycles. The van der Waals surface area contributed by atoms with Crippen LogP contribution in [0.3, 0.4) is 0 Å². The molecule has 0 radical (unpaired) electrons. The summed E-state index contributed by atoms with van der Waals surface area (Å²) in [5.74, 6) is -4.45. The normalized spacial score (nSPS) is 22.4. The highest BCUT2D eigenvalue weighted by Gasteiger charge is 2.48. The molecule has 0 spiro atoms. The molecule has 4 aliphatic rings. The third-order valence-electron chi connectivity index (χ3n) is 15.9. The largest absolute Gasteiger partial charge is 0.347 e. The molecule has 10 atom stereocenters. The van der Waals surface area contributed by atoms with Gasteiger partial charge in [-0.15, -0.1) is 0 Å². The minimum absolute atomic E-state index is 0.0369. The van der Waals surface area contributed by atoms with Crippen LogP contribution >= 0.6 is 0 Å². The highest BCUT2D eigenvalue weighted by Crippen LogP contribution is 2.34. The Balaban J connectivity index is 1.13. The molecule has 79 heavy (non-hydrogen) atoms. The van der Waals surface area contributed by atoms with Gasteiger partial charge in [-0.2, -0.15) is 0 Å². The molecule has 21 heteroatoms. The Morgan fingerprint density at radius 2 is 0.962 bits per heavy atom. The van der Waals surface area contributed by atoms with Gasteiger partial charge in [0.15, 0.2) is 0 Å². The first kappa shape index (κ1) is 59.4. The van der Waals surface area contributed by atoms with Gasteiger partial charge in [0, 0.05) is 48.4 Å². The summed E-state index contributed by atoms with van der Waals surface area (Å²) in [6.45, 7) is 13.8. The number of benzene rings is 3. The Kier molecular flexibility index (Phi) is 18.7. The predicted octanol–water partition coefficient (Wildman–Crippen LogP) is 3.66. The molecule has 2 aliphatic heterocycles. The van der Waals surface area contributed by atoms with Crippen LogP contribution in [0.4, 0.5) is 5.69 Å². The van der Waals surface area contributed by atoms with Gasteiger partial charge in [-0.25, -0.2) is 0 Å². The van der Waals surface area contributed by atoms with Crippen LogP contribution in [0.5, 0.6) is 0 Å². The van der Waals surface area contributed by atoms with E-state index in [0.29, 0.717) is 12.8 Å². The molecule has 2 fully saturated rings. The van der Waals surface area contributed by atoms with Crippen LogP contribution in [0.1, 0.15) is 149 Å². The van der Waals surface area contributed by atoms with Crippen molar-refractivity contribution in [2.24, 2.45) is 10.8 Å². The van der Waals surface area contributed by atoms with Crippen molar-refractivity contribution < 1.29 is 43.3 Å². The Hall–Kier alpha value is -7.26. The summed E-state index contributed by atoms with van der Waals surface area (Å²) >= 11 is 0. The molecule has 0 saturated carbocycles. The van der Waals surface area contributed by atoms with Gasteiger partial charge < -0.3 is 52.3 Å². The second-order valence-corrected chi connectivity index (χ2v) is 23.8. The van der Waals surface area contributed by atoms with Crippen LogP contribution in [-0.2, 0) is 41.6 Å². The van der Waals surface area contributed by atoms with Crippen LogP contribution in [-0.4, -0.2) is 138 Å². The van der Waals surface area contributed by atoms with E-state index in [1.54, 1.807) is 69.5 Å². The van der Waals surface area contributed by atoms with Crippen molar-refractivity contribution in [2.75, 3.05) is 27.2 Å². The van der Waals surface area contributed by atoms with Crippen LogP contribution in [0.15, 0.2) is 66.7 Å². The van der Waals surface area contributed by atoms with Gasteiger partial charge in [-0.3, -0.25) is 48.5 Å². The molecule has 3 aromatic carbocycles. The maximum absolute atomic E-state index is 14.7. The van der Waals surface area contributed by atoms with Crippen LogP contribution in [0.2, 0.25) is 0 Å². The van der Waals surface area contributed by atoms with Gasteiger partial charge in [0.05, 0.1) is 29.1 Å². The average molecular weight is 1090 g/mol. The fourth-order valence-corrected chi connectivity index (χ4v) is 11.2. The van der Waals surface area contributed by atoms with Gasteiger partial charge in [-0.05, 0) is 118 Å². The lowest BCUT2D eigenvalue weighted by Crippen LogP contribution is -2.59. The first-order valence-electron chi connectivity index (χ1n) is 27.5. The van der Waals surface area contributed by atoms with E-state index in [9.17, 15) is 48.5 Å². The lowest BCUT2D eigenvalue weighted by molar-refractivity contribution is -0.384. The monoisotopic (exact) mass is 1090 g/mol. The second-order valence-electron chi connectivity index (χ2n) is 23.8. The Bertz CT molecular complexity index is 2650. The van der Waals surface area contributed by atoms with Crippen molar-refractivity contribution >= 4 is 52.9 Å². The van der Waals surface area contributed by atoms with E-state index < -0.39 is 117 Å². The van der Waals surface area contributed by atoms with Gasteiger partial charge in [0.1, 0.15) is 24.2 Å². The van der Waals surface area contributed by atoms with Crippen molar-refractivity contribution in [3.8, 4) is 0 Å². The topological polar surface area (TPSA) is 282 Å². The molecule has 21 nitrogen and oxygen atoms in total. The number of rotatable bonds is 17. The number of likely N-dealkylation sites (tertiary alicyclic amines) is 2. The van der Waals surface area contributed by atoms with Gasteiger partial charge >= 0.3 is 0 Å². The summed E-state index contributed by atoms with van der Waals surface area (Å²) < 4.78 is 0. The molecule has 0 bridgehead atoms. The zero-order valence-electron chi connectivity index (χ0n) is 47.1. The number of nitrogens with zero attached hydrogens (tertiary/aromatic N) is 3. The quantitative estimate of drug-likeness (QED) is 0.0711. The molecule has 3 unspecified atom stereocenters. The van der Waals surface area contributed by atoms with Crippen molar-refractivity contribution in [3.63, 3.8) is 0 Å². The number of nitrogens with one attached hydrogen (secondary N) is 8. The zero-order valence-corrected chi connectivity index (χ0v) is 47.1. The number of aryl methyl sites for hydroxylation is 2. The molecule has 7 rings (SSSR count). The number of carbonyl (C=O) groups is 8. The third-order valence-corrected chi connectivity index (χ3v) is 15.9. The zero-order chi connectivity index (χ0) is 57.7. The van der Waals surface area contributed by atoms with Crippen molar-refractivity contribution in [1.29, 1.82) is 0 Å². The number of amides is 8. The number of hydrogen-bond acceptors (Lipinski definition) is 12. The first-order valence-corrected chi connectivity index (χ1v) is 27.5. The second kappa shape index (κ2) is 24.8. The Labute approximate surface area is 462 Å². The minimum atomic E-state index is -1.09. The van der Waals surface area contributed by atoms with E-state index in [1.165, 1.54) is 15.9 Å². The average Bonchev–Trinajstić information content (AvgIpc) is 4.17. The molecular weight excluding hydrogens is 1010 g/mol. The van der Waals surface area contributed by atoms with E-state index in [1.807, 2.05) is 48.5 Å². The summed E-state index contributed by atoms with van der Waals surface area (Å²) in [6, 6.07) is 11.0. The molecule has 3 aromatic rings. The number of nitro benzene ring substituents is 1. The van der Waals surface area contributed by atoms with E-state index in [0.717, 1.165) is 60.1 Å². The van der Waals surface area contributed by atoms with Gasteiger partial charge in [-0.1, -0.05) is 90.1 Å². The summed E-state index contributed by atoms with van der Waals surface area (Å²) in [5.41, 5.74) is 1.48. The number of non-ortho nitro benzene ring substituents is 1. The highest BCUT2D eigenvalue weighted by molar-refractivity contribution is 6.02.